The van der Waals surface area contributed by atoms with Gasteiger partial charge in [0.25, 0.3) is 0 Å². The number of aromatic nitrogens is 2. The van der Waals surface area contributed by atoms with Gasteiger partial charge >= 0.3 is 0 Å². The smallest absolute Gasteiger partial charge is 0.151 e. The molecular formula is C12H23Cl2N5. The Balaban J connectivity index is 0.00000162. The first kappa shape index (κ1) is 18.4. The van der Waals surface area contributed by atoms with Crippen LogP contribution in [0.1, 0.15) is 12.8 Å². The highest BCUT2D eigenvalue weighted by atomic mass is 35.5. The minimum absolute atomic E-state index is 0. The van der Waals surface area contributed by atoms with Crippen molar-refractivity contribution in [3.05, 3.63) is 18.3 Å². The Hall–Kier alpha value is -0.620. The van der Waals surface area contributed by atoms with Crippen molar-refractivity contribution in [3.63, 3.8) is 0 Å². The summed E-state index contributed by atoms with van der Waals surface area (Å²) in [5.74, 6) is 0.993. The molecule has 0 amide bonds. The molecule has 1 aliphatic heterocycles. The maximum Gasteiger partial charge on any atom is 0.151 e. The average molecular weight is 308 g/mol. The van der Waals surface area contributed by atoms with Crippen LogP contribution in [0.25, 0.3) is 0 Å². The van der Waals surface area contributed by atoms with E-state index in [1.54, 1.807) is 6.20 Å². The summed E-state index contributed by atoms with van der Waals surface area (Å²) in [6.07, 6.45) is 4.06. The normalized spacial score (nSPS) is 15.8. The van der Waals surface area contributed by atoms with Crippen LogP contribution in [0.5, 0.6) is 0 Å². The van der Waals surface area contributed by atoms with Crippen molar-refractivity contribution in [1.82, 2.24) is 15.1 Å². The molecule has 2 heterocycles. The summed E-state index contributed by atoms with van der Waals surface area (Å²) >= 11 is 0. The van der Waals surface area contributed by atoms with Gasteiger partial charge in [0, 0.05) is 38.4 Å². The van der Waals surface area contributed by atoms with Crippen LogP contribution in [-0.4, -0.2) is 54.4 Å². The quantitative estimate of drug-likeness (QED) is 0.905. The molecule has 1 aromatic heterocycles. The minimum Gasteiger partial charge on any atom is -0.355 e. The van der Waals surface area contributed by atoms with E-state index in [4.69, 9.17) is 5.73 Å². The fourth-order valence-corrected chi connectivity index (χ4v) is 2.38. The molecule has 1 saturated heterocycles. The van der Waals surface area contributed by atoms with E-state index in [9.17, 15) is 0 Å². The maximum atomic E-state index is 5.58. The highest BCUT2D eigenvalue weighted by Gasteiger charge is 2.22. The predicted octanol–water partition coefficient (Wildman–Crippen LogP) is 1.18. The molecule has 0 unspecified atom stereocenters. The molecule has 0 aromatic carbocycles. The van der Waals surface area contributed by atoms with E-state index in [1.165, 1.54) is 12.8 Å². The lowest BCUT2D eigenvalue weighted by Gasteiger charge is -2.36. The molecule has 110 valence electrons. The summed E-state index contributed by atoms with van der Waals surface area (Å²) in [5.41, 5.74) is 5.58. The molecule has 2 N–H and O–H groups in total. The second-order valence-electron chi connectivity index (χ2n) is 4.57. The van der Waals surface area contributed by atoms with Gasteiger partial charge in [0.2, 0.25) is 0 Å². The third-order valence-electron chi connectivity index (χ3n) is 3.45. The van der Waals surface area contributed by atoms with Crippen molar-refractivity contribution in [2.75, 3.05) is 38.1 Å². The first-order chi connectivity index (χ1) is 8.31. The molecule has 0 spiro atoms. The Kier molecular flexibility index (Phi) is 9.01. The van der Waals surface area contributed by atoms with E-state index in [1.807, 2.05) is 12.1 Å². The second kappa shape index (κ2) is 9.31. The van der Waals surface area contributed by atoms with Crippen LogP contribution >= 0.6 is 24.8 Å². The van der Waals surface area contributed by atoms with Gasteiger partial charge in [-0.1, -0.05) is 0 Å². The average Bonchev–Trinajstić information content (AvgIpc) is 2.40. The zero-order chi connectivity index (χ0) is 12.1. The topological polar surface area (TPSA) is 58.3 Å². The van der Waals surface area contributed by atoms with E-state index >= 15 is 0 Å². The molecule has 2 rings (SSSR count). The summed E-state index contributed by atoms with van der Waals surface area (Å²) in [5, 5.41) is 8.08. The van der Waals surface area contributed by atoms with E-state index in [2.05, 4.69) is 27.0 Å². The molecule has 0 saturated carbocycles. The summed E-state index contributed by atoms with van der Waals surface area (Å²) < 4.78 is 0. The minimum atomic E-state index is 0. The second-order valence-corrected chi connectivity index (χ2v) is 4.57. The van der Waals surface area contributed by atoms with Gasteiger partial charge < -0.3 is 15.5 Å². The molecule has 1 aromatic rings. The van der Waals surface area contributed by atoms with Gasteiger partial charge in [-0.25, -0.2) is 0 Å². The Bertz CT molecular complexity index is 330. The number of piperidine rings is 1. The number of hydrogen-bond donors (Lipinski definition) is 1. The molecule has 0 bridgehead atoms. The van der Waals surface area contributed by atoms with Crippen molar-refractivity contribution in [3.8, 4) is 0 Å². The molecule has 19 heavy (non-hydrogen) atoms. The lowest BCUT2D eigenvalue weighted by atomic mass is 10.0. The summed E-state index contributed by atoms with van der Waals surface area (Å²) in [4.78, 5) is 4.67. The first-order valence-corrected chi connectivity index (χ1v) is 6.24. The van der Waals surface area contributed by atoms with Crippen molar-refractivity contribution < 1.29 is 0 Å². The van der Waals surface area contributed by atoms with Crippen LogP contribution in [-0.2, 0) is 0 Å². The highest BCUT2D eigenvalue weighted by Crippen LogP contribution is 2.19. The number of nitrogens with two attached hydrogens (primary N) is 1. The van der Waals surface area contributed by atoms with Gasteiger partial charge in [0.05, 0.1) is 0 Å². The van der Waals surface area contributed by atoms with E-state index in [0.717, 1.165) is 32.0 Å². The molecule has 5 nitrogen and oxygen atoms in total. The molecule has 0 atom stereocenters. The van der Waals surface area contributed by atoms with Crippen LogP contribution in [0.4, 0.5) is 5.82 Å². The molecule has 0 aliphatic carbocycles. The Morgan fingerprint density at radius 1 is 1.37 bits per heavy atom. The van der Waals surface area contributed by atoms with E-state index < -0.39 is 0 Å². The number of hydrogen-bond acceptors (Lipinski definition) is 5. The van der Waals surface area contributed by atoms with Gasteiger partial charge in [0.1, 0.15) is 0 Å². The Morgan fingerprint density at radius 3 is 2.58 bits per heavy atom. The molecule has 1 fully saturated rings. The van der Waals surface area contributed by atoms with Gasteiger partial charge in [-0.3, -0.25) is 0 Å². The van der Waals surface area contributed by atoms with Crippen LogP contribution < -0.4 is 10.6 Å². The van der Waals surface area contributed by atoms with Crippen molar-refractivity contribution >= 4 is 30.6 Å². The fourth-order valence-electron chi connectivity index (χ4n) is 2.38. The van der Waals surface area contributed by atoms with E-state index in [-0.39, 0.29) is 24.8 Å². The van der Waals surface area contributed by atoms with Crippen LogP contribution in [0.2, 0.25) is 0 Å². The van der Waals surface area contributed by atoms with Gasteiger partial charge in [0.15, 0.2) is 5.82 Å². The number of anilines is 1. The number of rotatable bonds is 4. The fraction of sp³-hybridized carbons (Fsp3) is 0.667. The zero-order valence-electron chi connectivity index (χ0n) is 11.2. The number of halogens is 2. The van der Waals surface area contributed by atoms with Crippen molar-refractivity contribution in [2.24, 2.45) is 5.73 Å². The van der Waals surface area contributed by atoms with Gasteiger partial charge in [-0.05, 0) is 32.0 Å². The number of likely N-dealkylation sites (N-methyl/N-ethyl adjacent to an activating group) is 1. The van der Waals surface area contributed by atoms with Gasteiger partial charge in [-0.15, -0.1) is 29.9 Å². The lowest BCUT2D eigenvalue weighted by Crippen LogP contribution is -2.45. The Labute approximate surface area is 127 Å². The largest absolute Gasteiger partial charge is 0.355 e. The molecular weight excluding hydrogens is 285 g/mol. The third-order valence-corrected chi connectivity index (χ3v) is 3.45. The zero-order valence-corrected chi connectivity index (χ0v) is 12.9. The third kappa shape index (κ3) is 5.10. The predicted molar refractivity (Wildman–Crippen MR) is 83.4 cm³/mol. The Morgan fingerprint density at radius 2 is 2.05 bits per heavy atom. The van der Waals surface area contributed by atoms with Crippen LogP contribution in [0.3, 0.4) is 0 Å². The highest BCUT2D eigenvalue weighted by molar-refractivity contribution is 5.85. The lowest BCUT2D eigenvalue weighted by molar-refractivity contribution is 0.213. The standard InChI is InChI=1S/C12H21N5.2ClH/c1-16(10-6-13)11-4-8-17(9-5-11)12-3-2-7-14-15-12;;/h2-3,7,11H,4-6,8-10,13H2,1H3;2*1H. The molecule has 1 aliphatic rings. The SMILES string of the molecule is CN(CCN)C1CCN(c2cccnn2)CC1.Cl.Cl. The van der Waals surface area contributed by atoms with Crippen LogP contribution in [0, 0.1) is 0 Å². The monoisotopic (exact) mass is 307 g/mol. The summed E-state index contributed by atoms with van der Waals surface area (Å²) in [7, 11) is 2.16. The van der Waals surface area contributed by atoms with Gasteiger partial charge in [-0.2, -0.15) is 5.10 Å². The first-order valence-electron chi connectivity index (χ1n) is 6.24. The van der Waals surface area contributed by atoms with E-state index in [0.29, 0.717) is 6.04 Å². The number of nitrogens with zero attached hydrogens (tertiary/aromatic N) is 4. The van der Waals surface area contributed by atoms with Crippen LogP contribution in [0.15, 0.2) is 18.3 Å². The van der Waals surface area contributed by atoms with Crippen molar-refractivity contribution in [2.45, 2.75) is 18.9 Å². The molecule has 7 heteroatoms. The summed E-state index contributed by atoms with van der Waals surface area (Å²) in [6, 6.07) is 4.62. The molecule has 0 radical (unpaired) electrons. The summed E-state index contributed by atoms with van der Waals surface area (Å²) in [6.45, 7) is 3.83. The van der Waals surface area contributed by atoms with Crippen molar-refractivity contribution in [1.29, 1.82) is 0 Å². The maximum absolute atomic E-state index is 5.58.